The Kier molecular flexibility index (Phi) is 7.48. The van der Waals surface area contributed by atoms with E-state index in [-0.39, 0.29) is 12.3 Å². The van der Waals surface area contributed by atoms with Gasteiger partial charge in [-0.05, 0) is 85.8 Å². The molecular formula is C30H28F3N3O4. The molecule has 0 bridgehead atoms. The lowest BCUT2D eigenvalue weighted by Crippen LogP contribution is -2.53. The first-order valence-electron chi connectivity index (χ1n) is 13.0. The van der Waals surface area contributed by atoms with E-state index in [1.165, 1.54) is 12.1 Å². The van der Waals surface area contributed by atoms with Crippen LogP contribution in [0.1, 0.15) is 29.7 Å². The van der Waals surface area contributed by atoms with Gasteiger partial charge in [0.15, 0.2) is 0 Å². The predicted octanol–water partition coefficient (Wildman–Crippen LogP) is 5.09. The molecule has 1 fully saturated rings. The van der Waals surface area contributed by atoms with E-state index in [2.05, 4.69) is 15.8 Å². The highest BCUT2D eigenvalue weighted by atomic mass is 19.4. The number of anilines is 1. The number of carbonyl (C=O) groups is 1. The number of piperidine rings is 1. The minimum atomic E-state index is -4.40. The van der Waals surface area contributed by atoms with Crippen molar-refractivity contribution in [3.63, 3.8) is 0 Å². The van der Waals surface area contributed by atoms with Gasteiger partial charge >= 0.3 is 11.8 Å². The van der Waals surface area contributed by atoms with Crippen LogP contribution in [0.15, 0.2) is 76.0 Å². The first-order valence-corrected chi connectivity index (χ1v) is 13.0. The van der Waals surface area contributed by atoms with Crippen LogP contribution >= 0.6 is 0 Å². The SMILES string of the molecule is Cc1noc(=O)c2ccc(NC(=O)C(O)(Cc3ccc(-c4ccc(C(F)(F)F)cc4)cc3)C3CCNCC3)cc12. The molecule has 1 atom stereocenters. The maximum atomic E-state index is 13.7. The lowest BCUT2D eigenvalue weighted by Gasteiger charge is -2.37. The van der Waals surface area contributed by atoms with Gasteiger partial charge in [0.2, 0.25) is 0 Å². The molecule has 40 heavy (non-hydrogen) atoms. The number of hydrogen-bond donors (Lipinski definition) is 3. The molecule has 10 heteroatoms. The molecule has 0 spiro atoms. The topological polar surface area (TPSA) is 104 Å². The van der Waals surface area contributed by atoms with Gasteiger partial charge < -0.3 is 20.3 Å². The fourth-order valence-corrected chi connectivity index (χ4v) is 5.23. The number of halogens is 3. The van der Waals surface area contributed by atoms with Crippen molar-refractivity contribution in [3.8, 4) is 11.1 Å². The number of benzene rings is 3. The Morgan fingerprint density at radius 2 is 1.62 bits per heavy atom. The molecule has 1 aromatic heterocycles. The van der Waals surface area contributed by atoms with Crippen molar-refractivity contribution >= 4 is 22.4 Å². The highest BCUT2D eigenvalue weighted by molar-refractivity contribution is 5.99. The van der Waals surface area contributed by atoms with Crippen LogP contribution < -0.4 is 16.3 Å². The van der Waals surface area contributed by atoms with E-state index in [1.807, 2.05) is 0 Å². The maximum absolute atomic E-state index is 13.7. The van der Waals surface area contributed by atoms with E-state index in [9.17, 15) is 27.9 Å². The molecule has 208 valence electrons. The van der Waals surface area contributed by atoms with Crippen molar-refractivity contribution < 1.29 is 27.6 Å². The largest absolute Gasteiger partial charge is 0.416 e. The third-order valence-corrected chi connectivity index (χ3v) is 7.53. The van der Waals surface area contributed by atoms with Gasteiger partial charge in [-0.2, -0.15) is 13.2 Å². The van der Waals surface area contributed by atoms with E-state index in [1.54, 1.807) is 49.4 Å². The fraction of sp³-hybridized carbons (Fsp3) is 0.300. The molecule has 2 heterocycles. The third-order valence-electron chi connectivity index (χ3n) is 7.53. The van der Waals surface area contributed by atoms with Crippen molar-refractivity contribution in [3.05, 3.63) is 94.0 Å². The highest BCUT2D eigenvalue weighted by Crippen LogP contribution is 2.34. The smallest absolute Gasteiger partial charge is 0.379 e. The summed E-state index contributed by atoms with van der Waals surface area (Å²) in [6.07, 6.45) is -3.14. The number of fused-ring (bicyclic) bond motifs is 1. The number of rotatable bonds is 6. The second kappa shape index (κ2) is 10.9. The molecule has 3 N–H and O–H groups in total. The third kappa shape index (κ3) is 5.64. The van der Waals surface area contributed by atoms with Gasteiger partial charge in [0.05, 0.1) is 16.6 Å². The quantitative estimate of drug-likeness (QED) is 0.308. The molecule has 3 aromatic carbocycles. The molecule has 1 saturated heterocycles. The summed E-state index contributed by atoms with van der Waals surface area (Å²) in [5.41, 5.74) is -0.0567. The van der Waals surface area contributed by atoms with Crippen LogP contribution in [0.2, 0.25) is 0 Å². The van der Waals surface area contributed by atoms with Gasteiger partial charge in [0.25, 0.3) is 5.91 Å². The average molecular weight is 552 g/mol. The zero-order valence-corrected chi connectivity index (χ0v) is 21.7. The van der Waals surface area contributed by atoms with Crippen molar-refractivity contribution in [2.75, 3.05) is 18.4 Å². The molecule has 1 aliphatic heterocycles. The molecule has 0 radical (unpaired) electrons. The van der Waals surface area contributed by atoms with Crippen LogP contribution in [-0.4, -0.2) is 34.9 Å². The van der Waals surface area contributed by atoms with Crippen LogP contribution in [0, 0.1) is 12.8 Å². The summed E-state index contributed by atoms with van der Waals surface area (Å²) in [5.74, 6) is -0.863. The number of carbonyl (C=O) groups excluding carboxylic acids is 1. The summed E-state index contributed by atoms with van der Waals surface area (Å²) in [5, 5.41) is 22.6. The molecule has 7 nitrogen and oxygen atoms in total. The van der Waals surface area contributed by atoms with Crippen LogP contribution in [0.3, 0.4) is 0 Å². The minimum Gasteiger partial charge on any atom is -0.379 e. The van der Waals surface area contributed by atoms with Gasteiger partial charge in [0, 0.05) is 17.5 Å². The number of nitrogens with one attached hydrogen (secondary N) is 2. The minimum absolute atomic E-state index is 0.0501. The van der Waals surface area contributed by atoms with Gasteiger partial charge in [-0.15, -0.1) is 0 Å². The number of aromatic nitrogens is 1. The molecule has 1 amide bonds. The number of hydrogen-bond acceptors (Lipinski definition) is 6. The van der Waals surface area contributed by atoms with E-state index < -0.39 is 28.9 Å². The van der Waals surface area contributed by atoms with Crippen molar-refractivity contribution in [2.24, 2.45) is 5.92 Å². The molecular weight excluding hydrogens is 523 g/mol. The first-order chi connectivity index (χ1) is 19.0. The molecule has 4 aromatic rings. The van der Waals surface area contributed by atoms with E-state index in [0.717, 1.165) is 17.7 Å². The van der Waals surface area contributed by atoms with Crippen molar-refractivity contribution in [2.45, 2.75) is 38.0 Å². The second-order valence-electron chi connectivity index (χ2n) is 10.2. The summed E-state index contributed by atoms with van der Waals surface area (Å²) in [6, 6.07) is 16.8. The Balaban J connectivity index is 1.39. The molecule has 0 saturated carbocycles. The van der Waals surface area contributed by atoms with Crippen LogP contribution in [0.5, 0.6) is 0 Å². The molecule has 1 aliphatic rings. The Bertz CT molecular complexity index is 1580. The molecule has 1 unspecified atom stereocenters. The summed E-state index contributed by atoms with van der Waals surface area (Å²) < 4.78 is 43.5. The number of aliphatic hydroxyl groups is 1. The number of nitrogens with zero attached hydrogens (tertiary/aromatic N) is 1. The lowest BCUT2D eigenvalue weighted by molar-refractivity contribution is -0.141. The van der Waals surface area contributed by atoms with Gasteiger partial charge in [-0.25, -0.2) is 4.79 Å². The predicted molar refractivity (Wildman–Crippen MR) is 145 cm³/mol. The second-order valence-corrected chi connectivity index (χ2v) is 10.2. The number of aryl methyl sites for hydroxylation is 1. The standard InChI is InChI=1S/C30H28F3N3O4/c1-18-26-16-24(10-11-25(26)27(37)40-36-18)35-28(38)29(39,22-12-14-34-15-13-22)17-19-2-4-20(5-3-19)21-6-8-23(9-7-21)30(31,32)33/h2-11,16,22,34,39H,12-15,17H2,1H3,(H,35,38). The van der Waals surface area contributed by atoms with E-state index >= 15 is 0 Å². The summed E-state index contributed by atoms with van der Waals surface area (Å²) in [4.78, 5) is 25.7. The van der Waals surface area contributed by atoms with Crippen LogP contribution in [0.4, 0.5) is 18.9 Å². The molecule has 0 aliphatic carbocycles. The Morgan fingerprint density at radius 3 is 2.25 bits per heavy atom. The van der Waals surface area contributed by atoms with Gasteiger partial charge in [-0.1, -0.05) is 41.6 Å². The zero-order chi connectivity index (χ0) is 28.5. The Labute approximate surface area is 228 Å². The first kappa shape index (κ1) is 27.5. The normalized spacial score (nSPS) is 16.0. The Hall–Kier alpha value is -4.02. The zero-order valence-electron chi connectivity index (χ0n) is 21.7. The van der Waals surface area contributed by atoms with Crippen LogP contribution in [-0.2, 0) is 17.4 Å². The summed E-state index contributed by atoms with van der Waals surface area (Å²) in [6.45, 7) is 3.03. The molecule has 5 rings (SSSR count). The van der Waals surface area contributed by atoms with Gasteiger partial charge in [0.1, 0.15) is 5.60 Å². The fourth-order valence-electron chi connectivity index (χ4n) is 5.23. The van der Waals surface area contributed by atoms with Crippen molar-refractivity contribution in [1.29, 1.82) is 0 Å². The Morgan fingerprint density at radius 1 is 1.00 bits per heavy atom. The maximum Gasteiger partial charge on any atom is 0.416 e. The van der Waals surface area contributed by atoms with Gasteiger partial charge in [-0.3, -0.25) is 4.79 Å². The highest BCUT2D eigenvalue weighted by Gasteiger charge is 2.44. The monoisotopic (exact) mass is 551 g/mol. The van der Waals surface area contributed by atoms with Crippen molar-refractivity contribution in [1.82, 2.24) is 10.5 Å². The lowest BCUT2D eigenvalue weighted by atomic mass is 9.76. The van der Waals surface area contributed by atoms with E-state index in [0.29, 0.717) is 59.2 Å². The number of alkyl halides is 3. The average Bonchev–Trinajstić information content (AvgIpc) is 2.95. The summed E-state index contributed by atoms with van der Waals surface area (Å²) >= 11 is 0. The van der Waals surface area contributed by atoms with E-state index in [4.69, 9.17) is 4.52 Å². The summed E-state index contributed by atoms with van der Waals surface area (Å²) in [7, 11) is 0. The number of amides is 1. The van der Waals surface area contributed by atoms with Crippen LogP contribution in [0.25, 0.3) is 21.9 Å².